The third-order valence-electron chi connectivity index (χ3n) is 3.66. The maximum atomic E-state index is 6.29. The molecule has 5 nitrogen and oxygen atoms in total. The molecule has 0 bridgehead atoms. The van der Waals surface area contributed by atoms with Crippen LogP contribution in [-0.2, 0) is 12.1 Å². The summed E-state index contributed by atoms with van der Waals surface area (Å²) in [5, 5.41) is 4.05. The lowest BCUT2D eigenvalue weighted by Crippen LogP contribution is -2.34. The number of nitrogens with two attached hydrogens (primary N) is 1. The lowest BCUT2D eigenvalue weighted by Gasteiger charge is -2.18. The first kappa shape index (κ1) is 18.6. The molecule has 0 atom stereocenters. The van der Waals surface area contributed by atoms with Crippen LogP contribution >= 0.6 is 24.8 Å². The van der Waals surface area contributed by atoms with Gasteiger partial charge < -0.3 is 10.3 Å². The Morgan fingerprint density at radius 1 is 1.21 bits per heavy atom. The Hall–Kier alpha value is -0.360. The number of hydrogen-bond donors (Lipinski definition) is 1. The topological polar surface area (TPSA) is 68.2 Å². The zero-order chi connectivity index (χ0) is 12.3. The van der Waals surface area contributed by atoms with Crippen molar-refractivity contribution in [2.24, 2.45) is 5.73 Å². The van der Waals surface area contributed by atoms with E-state index in [0.717, 1.165) is 45.3 Å². The molecule has 1 aliphatic carbocycles. The third-order valence-corrected chi connectivity index (χ3v) is 3.66. The van der Waals surface area contributed by atoms with Gasteiger partial charge in [0.1, 0.15) is 0 Å². The molecular weight excluding hydrogens is 287 g/mol. The molecule has 0 aliphatic heterocycles. The van der Waals surface area contributed by atoms with Crippen LogP contribution in [0.1, 0.15) is 51.2 Å². The SMILES string of the molecule is CCN(CC)Cc1nc(C2(N)CCCC2)no1.Cl.Cl. The highest BCUT2D eigenvalue weighted by Crippen LogP contribution is 2.34. The second-order valence-electron chi connectivity index (χ2n) is 4.84. The minimum Gasteiger partial charge on any atom is -0.338 e. The van der Waals surface area contributed by atoms with Crippen molar-refractivity contribution in [1.29, 1.82) is 0 Å². The predicted molar refractivity (Wildman–Crippen MR) is 79.8 cm³/mol. The maximum Gasteiger partial charge on any atom is 0.240 e. The van der Waals surface area contributed by atoms with Crippen molar-refractivity contribution in [3.63, 3.8) is 0 Å². The molecular formula is C12H24Cl2N4O. The van der Waals surface area contributed by atoms with E-state index in [2.05, 4.69) is 28.9 Å². The fourth-order valence-corrected chi connectivity index (χ4v) is 2.39. The Labute approximate surface area is 127 Å². The predicted octanol–water partition coefficient (Wildman–Crippen LogP) is 2.48. The van der Waals surface area contributed by atoms with Crippen molar-refractivity contribution >= 4 is 24.8 Å². The molecule has 112 valence electrons. The van der Waals surface area contributed by atoms with Crippen LogP contribution in [0.3, 0.4) is 0 Å². The minimum atomic E-state index is -0.342. The molecule has 7 heteroatoms. The summed E-state index contributed by atoms with van der Waals surface area (Å²) < 4.78 is 5.29. The molecule has 1 aromatic heterocycles. The molecule has 1 fully saturated rings. The van der Waals surface area contributed by atoms with Gasteiger partial charge in [0.2, 0.25) is 5.89 Å². The van der Waals surface area contributed by atoms with Crippen molar-refractivity contribution < 1.29 is 4.52 Å². The van der Waals surface area contributed by atoms with Crippen LogP contribution in [0, 0.1) is 0 Å². The standard InChI is InChI=1S/C12H22N4O.2ClH/c1-3-16(4-2)9-10-14-11(15-17-10)12(13)7-5-6-8-12;;/h3-9,13H2,1-2H3;2*1H. The van der Waals surface area contributed by atoms with E-state index < -0.39 is 0 Å². The van der Waals surface area contributed by atoms with E-state index in [9.17, 15) is 0 Å². The van der Waals surface area contributed by atoms with Crippen LogP contribution in [0.25, 0.3) is 0 Å². The molecule has 0 amide bonds. The van der Waals surface area contributed by atoms with Gasteiger partial charge in [0, 0.05) is 0 Å². The molecule has 2 N–H and O–H groups in total. The van der Waals surface area contributed by atoms with Crippen molar-refractivity contribution in [1.82, 2.24) is 15.0 Å². The van der Waals surface area contributed by atoms with E-state index in [-0.39, 0.29) is 30.4 Å². The fourth-order valence-electron chi connectivity index (χ4n) is 2.39. The van der Waals surface area contributed by atoms with Gasteiger partial charge in [0.05, 0.1) is 12.1 Å². The van der Waals surface area contributed by atoms with E-state index in [1.54, 1.807) is 0 Å². The van der Waals surface area contributed by atoms with Crippen LogP contribution in [0.15, 0.2) is 4.52 Å². The normalized spacial score (nSPS) is 17.1. The maximum absolute atomic E-state index is 6.29. The van der Waals surface area contributed by atoms with E-state index in [4.69, 9.17) is 10.3 Å². The van der Waals surface area contributed by atoms with Crippen LogP contribution < -0.4 is 5.73 Å². The van der Waals surface area contributed by atoms with Gasteiger partial charge in [0.15, 0.2) is 5.82 Å². The summed E-state index contributed by atoms with van der Waals surface area (Å²) in [6.07, 6.45) is 4.27. The lowest BCUT2D eigenvalue weighted by molar-refractivity contribution is 0.245. The van der Waals surface area contributed by atoms with Crippen molar-refractivity contribution in [3.8, 4) is 0 Å². The van der Waals surface area contributed by atoms with Crippen LogP contribution in [0.5, 0.6) is 0 Å². The summed E-state index contributed by atoms with van der Waals surface area (Å²) >= 11 is 0. The average molecular weight is 311 g/mol. The minimum absolute atomic E-state index is 0. The smallest absolute Gasteiger partial charge is 0.240 e. The molecule has 1 saturated carbocycles. The van der Waals surface area contributed by atoms with Gasteiger partial charge in [-0.05, 0) is 25.9 Å². The van der Waals surface area contributed by atoms with E-state index in [1.807, 2.05) is 0 Å². The zero-order valence-corrected chi connectivity index (χ0v) is 13.2. The number of aromatic nitrogens is 2. The number of rotatable bonds is 5. The summed E-state index contributed by atoms with van der Waals surface area (Å²) in [6, 6.07) is 0. The summed E-state index contributed by atoms with van der Waals surface area (Å²) in [6.45, 7) is 6.95. The lowest BCUT2D eigenvalue weighted by atomic mass is 9.99. The summed E-state index contributed by atoms with van der Waals surface area (Å²) in [7, 11) is 0. The Bertz CT molecular complexity index is 362. The highest BCUT2D eigenvalue weighted by Gasteiger charge is 2.35. The van der Waals surface area contributed by atoms with Gasteiger partial charge in [0.25, 0.3) is 0 Å². The Morgan fingerprint density at radius 3 is 2.32 bits per heavy atom. The molecule has 1 heterocycles. The van der Waals surface area contributed by atoms with Crippen molar-refractivity contribution in [3.05, 3.63) is 11.7 Å². The van der Waals surface area contributed by atoms with Gasteiger partial charge in [-0.15, -0.1) is 24.8 Å². The van der Waals surface area contributed by atoms with Gasteiger partial charge in [-0.1, -0.05) is 31.8 Å². The first-order chi connectivity index (χ1) is 8.18. The Morgan fingerprint density at radius 2 is 1.79 bits per heavy atom. The second-order valence-corrected chi connectivity index (χ2v) is 4.84. The number of halogens is 2. The monoisotopic (exact) mass is 310 g/mol. The average Bonchev–Trinajstić information content (AvgIpc) is 2.95. The molecule has 2 rings (SSSR count). The highest BCUT2D eigenvalue weighted by atomic mass is 35.5. The summed E-state index contributed by atoms with van der Waals surface area (Å²) in [5.74, 6) is 1.37. The van der Waals surface area contributed by atoms with E-state index in [1.165, 1.54) is 0 Å². The number of hydrogen-bond acceptors (Lipinski definition) is 5. The number of nitrogens with zero attached hydrogens (tertiary/aromatic N) is 3. The van der Waals surface area contributed by atoms with Crippen LogP contribution in [-0.4, -0.2) is 28.1 Å². The highest BCUT2D eigenvalue weighted by molar-refractivity contribution is 5.85. The molecule has 0 saturated heterocycles. The third kappa shape index (κ3) is 4.31. The molecule has 0 radical (unpaired) electrons. The van der Waals surface area contributed by atoms with Crippen molar-refractivity contribution in [2.45, 2.75) is 51.6 Å². The van der Waals surface area contributed by atoms with Crippen LogP contribution in [0.2, 0.25) is 0 Å². The second kappa shape index (κ2) is 8.04. The quantitative estimate of drug-likeness (QED) is 0.905. The molecule has 0 aromatic carbocycles. The van der Waals surface area contributed by atoms with Crippen molar-refractivity contribution in [2.75, 3.05) is 13.1 Å². The van der Waals surface area contributed by atoms with Gasteiger partial charge >= 0.3 is 0 Å². The van der Waals surface area contributed by atoms with Crippen LogP contribution in [0.4, 0.5) is 0 Å². The largest absolute Gasteiger partial charge is 0.338 e. The Kier molecular flexibility index (Phi) is 7.89. The van der Waals surface area contributed by atoms with Gasteiger partial charge in [-0.3, -0.25) is 4.90 Å². The molecule has 19 heavy (non-hydrogen) atoms. The molecule has 1 aliphatic rings. The van der Waals surface area contributed by atoms with Gasteiger partial charge in [-0.2, -0.15) is 4.98 Å². The molecule has 0 spiro atoms. The first-order valence-electron chi connectivity index (χ1n) is 6.52. The Balaban J connectivity index is 0.00000162. The fraction of sp³-hybridized carbons (Fsp3) is 0.833. The summed E-state index contributed by atoms with van der Waals surface area (Å²) in [4.78, 5) is 6.70. The molecule has 1 aromatic rings. The zero-order valence-electron chi connectivity index (χ0n) is 11.6. The molecule has 0 unspecified atom stereocenters. The van der Waals surface area contributed by atoms with Gasteiger partial charge in [-0.25, -0.2) is 0 Å². The summed E-state index contributed by atoms with van der Waals surface area (Å²) in [5.41, 5.74) is 5.95. The first-order valence-corrected chi connectivity index (χ1v) is 6.52. The van der Waals surface area contributed by atoms with E-state index in [0.29, 0.717) is 11.7 Å². The van der Waals surface area contributed by atoms with E-state index >= 15 is 0 Å².